The van der Waals surface area contributed by atoms with E-state index in [9.17, 15) is 24.3 Å². The molecule has 4 heterocycles. The number of unbranched alkanes of at least 4 members (excludes halogenated alkanes) is 5. The van der Waals surface area contributed by atoms with Gasteiger partial charge in [-0.25, -0.2) is 13.8 Å². The summed E-state index contributed by atoms with van der Waals surface area (Å²) in [6.07, 6.45) is 10.9. The van der Waals surface area contributed by atoms with Crippen molar-refractivity contribution in [2.24, 2.45) is 10.4 Å². The van der Waals surface area contributed by atoms with Gasteiger partial charge in [0, 0.05) is 93.7 Å². The summed E-state index contributed by atoms with van der Waals surface area (Å²) in [7, 11) is 0. The molecule has 4 aromatic rings. The Hall–Kier alpha value is -6.15. The lowest BCUT2D eigenvalue weighted by Crippen LogP contribution is -2.58. The second kappa shape index (κ2) is 28.6. The first-order valence-corrected chi connectivity index (χ1v) is 28.5. The largest absolute Gasteiger partial charge is 0.393 e. The predicted molar refractivity (Wildman–Crippen MR) is 304 cm³/mol. The van der Waals surface area contributed by atoms with Crippen LogP contribution in [0.4, 0.5) is 8.78 Å². The maximum absolute atomic E-state index is 15.4. The maximum Gasteiger partial charge on any atom is 0.243 e. The number of piperidine rings is 1. The maximum atomic E-state index is 15.4. The Morgan fingerprint density at radius 2 is 1.59 bits per heavy atom. The summed E-state index contributed by atoms with van der Waals surface area (Å²) in [5, 5.41) is 30.7. The number of aliphatic hydroxyl groups is 1. The van der Waals surface area contributed by atoms with Crippen molar-refractivity contribution in [2.75, 3.05) is 39.4 Å². The number of carbonyl (C=O) groups excluding carboxylic acids is 4. The number of nitrogens with one attached hydrogen (secondary N) is 5. The van der Waals surface area contributed by atoms with Gasteiger partial charge in [0.2, 0.25) is 23.6 Å². The number of amides is 4. The van der Waals surface area contributed by atoms with Crippen LogP contribution in [0.15, 0.2) is 72.0 Å². The van der Waals surface area contributed by atoms with Crippen LogP contribution in [-0.4, -0.2) is 130 Å². The van der Waals surface area contributed by atoms with Gasteiger partial charge in [0.05, 0.1) is 59.1 Å². The van der Waals surface area contributed by atoms with Crippen molar-refractivity contribution in [1.29, 1.82) is 5.41 Å². The van der Waals surface area contributed by atoms with E-state index in [4.69, 9.17) is 15.1 Å². The molecule has 3 aliphatic rings. The molecule has 1 aromatic heterocycles. The number of carbonyl (C=O) groups is 4. The van der Waals surface area contributed by atoms with Crippen LogP contribution < -0.4 is 21.3 Å². The summed E-state index contributed by atoms with van der Waals surface area (Å²) in [5.41, 5.74) is 6.15. The number of halogens is 2. The number of ether oxygens (including phenoxy) is 1. The first-order chi connectivity index (χ1) is 37.5. The number of aliphatic imine (C=N–C) groups is 1. The number of aliphatic hydroxyl groups excluding tert-OH is 1. The molecule has 19 heteroatoms. The number of allylic oxidation sites excluding steroid dienone is 1. The zero-order chi connectivity index (χ0) is 55.8. The quantitative estimate of drug-likeness (QED) is 0.0274. The summed E-state index contributed by atoms with van der Waals surface area (Å²) < 4.78 is 36.3. The molecule has 4 amide bonds. The highest BCUT2D eigenvalue weighted by molar-refractivity contribution is 8.12. The van der Waals surface area contributed by atoms with E-state index in [0.717, 1.165) is 56.1 Å². The minimum Gasteiger partial charge on any atom is -0.393 e. The van der Waals surface area contributed by atoms with Gasteiger partial charge in [-0.1, -0.05) is 82.9 Å². The van der Waals surface area contributed by atoms with Crippen LogP contribution in [0.1, 0.15) is 133 Å². The smallest absolute Gasteiger partial charge is 0.243 e. The van der Waals surface area contributed by atoms with Gasteiger partial charge in [-0.2, -0.15) is 0 Å². The fourth-order valence-electron chi connectivity index (χ4n) is 10.0. The topological polar surface area (TPSA) is 214 Å². The van der Waals surface area contributed by atoms with Gasteiger partial charge >= 0.3 is 0 Å². The minimum absolute atomic E-state index is 0.0107. The van der Waals surface area contributed by atoms with Crippen molar-refractivity contribution in [3.8, 4) is 11.1 Å². The van der Waals surface area contributed by atoms with Crippen molar-refractivity contribution in [2.45, 2.75) is 154 Å². The molecule has 0 radical (unpaired) electrons. The third-order valence-electron chi connectivity index (χ3n) is 14.7. The van der Waals surface area contributed by atoms with Crippen molar-refractivity contribution in [1.82, 2.24) is 41.0 Å². The number of rotatable bonds is 25. The molecule has 16 nitrogen and oxygen atoms in total. The number of thioether (sulfide) groups is 1. The molecular formula is C59H78F2N10O6S. The van der Waals surface area contributed by atoms with Crippen LogP contribution in [0.25, 0.3) is 27.7 Å². The average molecular weight is 1090 g/mol. The van der Waals surface area contributed by atoms with Gasteiger partial charge in [-0.05, 0) is 79.8 Å². The molecule has 3 aromatic carbocycles. The van der Waals surface area contributed by atoms with Crippen LogP contribution in [0.3, 0.4) is 0 Å². The van der Waals surface area contributed by atoms with Gasteiger partial charge in [-0.3, -0.25) is 34.1 Å². The summed E-state index contributed by atoms with van der Waals surface area (Å²) in [4.78, 5) is 71.1. The highest BCUT2D eigenvalue weighted by Crippen LogP contribution is 2.37. The molecule has 7 rings (SSSR count). The Bertz CT molecular complexity index is 2730. The average Bonchev–Trinajstić information content (AvgIpc) is 3.92. The molecule has 0 aliphatic carbocycles. The van der Waals surface area contributed by atoms with E-state index in [1.807, 2.05) is 60.4 Å². The molecule has 2 saturated heterocycles. The van der Waals surface area contributed by atoms with Crippen LogP contribution >= 0.6 is 11.8 Å². The second-order valence-corrected chi connectivity index (χ2v) is 22.9. The highest BCUT2D eigenvalue weighted by Gasteiger charge is 2.35. The van der Waals surface area contributed by atoms with Gasteiger partial charge in [0.25, 0.3) is 0 Å². The summed E-state index contributed by atoms with van der Waals surface area (Å²) in [5.74, 6) is -2.27. The minimum atomic E-state index is -1.00. The van der Waals surface area contributed by atoms with E-state index in [1.165, 1.54) is 18.3 Å². The Labute approximate surface area is 462 Å². The van der Waals surface area contributed by atoms with Crippen molar-refractivity contribution < 1.29 is 37.8 Å². The van der Waals surface area contributed by atoms with Crippen molar-refractivity contribution in [3.63, 3.8) is 0 Å². The predicted octanol–water partition coefficient (Wildman–Crippen LogP) is 8.41. The van der Waals surface area contributed by atoms with Crippen molar-refractivity contribution >= 4 is 63.8 Å². The van der Waals surface area contributed by atoms with E-state index < -0.39 is 47.1 Å². The summed E-state index contributed by atoms with van der Waals surface area (Å²) >= 11 is 1.69. The molecule has 2 fully saturated rings. The zero-order valence-electron chi connectivity index (χ0n) is 45.8. The van der Waals surface area contributed by atoms with Gasteiger partial charge in [0.1, 0.15) is 23.7 Å². The molecular weight excluding hydrogens is 1010 g/mol. The van der Waals surface area contributed by atoms with E-state index in [-0.39, 0.29) is 60.6 Å². The van der Waals surface area contributed by atoms with Crippen LogP contribution in [0.5, 0.6) is 0 Å². The molecule has 5 unspecified atom stereocenters. The van der Waals surface area contributed by atoms with Gasteiger partial charge in [0.15, 0.2) is 0 Å². The molecule has 78 heavy (non-hydrogen) atoms. The molecule has 0 bridgehead atoms. The number of morpholine rings is 1. The lowest BCUT2D eigenvalue weighted by atomic mass is 9.85. The fraction of sp³-hybridized carbons (Fsp3) is 0.525. The standard InChI is InChI=1S/C59H78F2N10O6S/c1-38(72)29-50(57(75)65-33-40-17-19-41(20-18-40)55-39(2)66-37-78-55)68-58(76)56(59(3,4)5)69-52(73)15-10-8-6-7-9-11-16-53(74)71-23-21-44(22-24-71)63-34-43(32-62)51-35-64-49-14-12-13-45(54(49)67-51)42-30-47(60)46(48(61)31-42)36-70-25-27-77-28-26-70/h12-14,17-20,30-32,34-35,37-39,44,50,55-56,62-63,72H,6-11,15-16,21-29,33,36H2,1-5H3,(H,65,75)(H,68,76)(H,69,73)/b43-34+,62-32?. The summed E-state index contributed by atoms with van der Waals surface area (Å²) in [6.45, 7) is 13.1. The first kappa shape index (κ1) is 59.5. The highest BCUT2D eigenvalue weighted by atomic mass is 32.2. The second-order valence-electron chi connectivity index (χ2n) is 21.9. The molecule has 0 saturated carbocycles. The van der Waals surface area contributed by atoms with E-state index in [2.05, 4.69) is 38.2 Å². The summed E-state index contributed by atoms with van der Waals surface area (Å²) in [6, 6.07) is 14.4. The van der Waals surface area contributed by atoms with E-state index >= 15 is 8.78 Å². The fourth-order valence-corrected chi connectivity index (χ4v) is 11.0. The number of likely N-dealkylation sites (tertiary alicyclic amines) is 1. The van der Waals surface area contributed by atoms with Crippen LogP contribution in [0.2, 0.25) is 0 Å². The molecule has 420 valence electrons. The normalized spacial score (nSPS) is 18.6. The number of para-hydroxylation sites is 1. The van der Waals surface area contributed by atoms with Gasteiger partial charge in [-0.15, -0.1) is 11.8 Å². The molecule has 0 spiro atoms. The number of fused-ring (bicyclic) bond motifs is 1. The third kappa shape index (κ3) is 16.9. The third-order valence-corrected chi connectivity index (χ3v) is 15.9. The Morgan fingerprint density at radius 1 is 0.910 bits per heavy atom. The molecule has 3 aliphatic heterocycles. The lowest BCUT2D eigenvalue weighted by Gasteiger charge is -2.32. The Kier molecular flexibility index (Phi) is 21.9. The van der Waals surface area contributed by atoms with Gasteiger partial charge < -0.3 is 41.4 Å². The number of nitrogens with zero attached hydrogens (tertiary/aromatic N) is 5. The first-order valence-electron chi connectivity index (χ1n) is 27.6. The number of hydrogen-bond donors (Lipinski definition) is 6. The molecule has 6 N–H and O–H groups in total. The lowest BCUT2D eigenvalue weighted by molar-refractivity contribution is -0.134. The Balaban J connectivity index is 0.786. The van der Waals surface area contributed by atoms with Crippen LogP contribution in [-0.2, 0) is 37.0 Å². The number of aromatic nitrogens is 2. The van der Waals surface area contributed by atoms with Crippen molar-refractivity contribution in [3.05, 3.63) is 101 Å². The number of hydrogen-bond acceptors (Lipinski definition) is 13. The monoisotopic (exact) mass is 1090 g/mol. The van der Waals surface area contributed by atoms with Crippen LogP contribution in [0, 0.1) is 22.5 Å². The Morgan fingerprint density at radius 3 is 2.23 bits per heavy atom. The van der Waals surface area contributed by atoms with E-state index in [1.54, 1.807) is 49.3 Å². The number of benzene rings is 3. The van der Waals surface area contributed by atoms with E-state index in [0.29, 0.717) is 85.7 Å². The zero-order valence-corrected chi connectivity index (χ0v) is 46.6. The molecule has 5 atom stereocenters. The SMILES string of the molecule is CC(O)CC(NC(=O)C(NC(=O)CCCCCCCCC(=O)N1CCC(N/C=C(\C=N)c2cnc3cccc(-c4cc(F)c(CN5CCOCC5)c(F)c4)c3n2)CC1)C(C)(C)C)C(=O)NCc1ccc(C2SC=NC2C)cc1.